The molecule has 0 bridgehead atoms. The Balaban J connectivity index is 2.13. The Morgan fingerprint density at radius 1 is 1.33 bits per heavy atom. The first kappa shape index (κ1) is 10.9. The molecule has 2 rings (SSSR count). The van der Waals surface area contributed by atoms with Gasteiger partial charge in [-0.05, 0) is 37.3 Å². The first-order chi connectivity index (χ1) is 7.42. The van der Waals surface area contributed by atoms with Gasteiger partial charge in [-0.2, -0.15) is 0 Å². The molecule has 1 saturated heterocycles. The molecule has 1 aliphatic rings. The van der Waals surface area contributed by atoms with Crippen molar-refractivity contribution in [1.82, 2.24) is 4.98 Å². The minimum absolute atomic E-state index is 1.07. The summed E-state index contributed by atoms with van der Waals surface area (Å²) in [6.07, 6.45) is 6.85. The van der Waals surface area contributed by atoms with E-state index in [-0.39, 0.29) is 0 Å². The van der Waals surface area contributed by atoms with Crippen molar-refractivity contribution in [2.75, 3.05) is 23.3 Å². The van der Waals surface area contributed by atoms with Gasteiger partial charge in [-0.15, -0.1) is 0 Å². The number of nitrogens with zero attached hydrogens (tertiary/aromatic N) is 2. The molecule has 0 saturated carbocycles. The van der Waals surface area contributed by atoms with Crippen LogP contribution >= 0.6 is 15.9 Å². The van der Waals surface area contributed by atoms with Crippen molar-refractivity contribution >= 4 is 21.7 Å². The lowest BCUT2D eigenvalue weighted by atomic mass is 10.1. The predicted molar refractivity (Wildman–Crippen MR) is 67.8 cm³/mol. The number of hydrogen-bond donors (Lipinski definition) is 0. The SMILES string of the molecule is BrCCCc1cccnc1N1CCCC1. The molecule has 1 aliphatic heterocycles. The maximum Gasteiger partial charge on any atom is 0.131 e. The van der Waals surface area contributed by atoms with E-state index in [2.05, 4.69) is 31.9 Å². The maximum atomic E-state index is 4.52. The summed E-state index contributed by atoms with van der Waals surface area (Å²) in [6, 6.07) is 4.26. The molecule has 15 heavy (non-hydrogen) atoms. The Bertz CT molecular complexity index is 308. The van der Waals surface area contributed by atoms with Crippen molar-refractivity contribution in [1.29, 1.82) is 0 Å². The molecular formula is C12H17BrN2. The van der Waals surface area contributed by atoms with E-state index < -0.39 is 0 Å². The van der Waals surface area contributed by atoms with Gasteiger partial charge < -0.3 is 4.90 Å². The van der Waals surface area contributed by atoms with Crippen molar-refractivity contribution in [2.45, 2.75) is 25.7 Å². The molecule has 1 fully saturated rings. The average Bonchev–Trinajstić information content (AvgIpc) is 2.80. The number of anilines is 1. The highest BCUT2D eigenvalue weighted by atomic mass is 79.9. The van der Waals surface area contributed by atoms with E-state index in [4.69, 9.17) is 0 Å². The number of aromatic nitrogens is 1. The van der Waals surface area contributed by atoms with Crippen LogP contribution in [0.4, 0.5) is 5.82 Å². The maximum absolute atomic E-state index is 4.52. The Kier molecular flexibility index (Phi) is 4.01. The molecule has 0 amide bonds. The second-order valence-electron chi connectivity index (χ2n) is 3.97. The van der Waals surface area contributed by atoms with E-state index in [0.717, 1.165) is 11.8 Å². The van der Waals surface area contributed by atoms with Crippen molar-refractivity contribution in [3.8, 4) is 0 Å². The monoisotopic (exact) mass is 268 g/mol. The molecule has 0 N–H and O–H groups in total. The van der Waals surface area contributed by atoms with Crippen LogP contribution in [0, 0.1) is 0 Å². The van der Waals surface area contributed by atoms with Gasteiger partial charge in [0, 0.05) is 24.6 Å². The van der Waals surface area contributed by atoms with Crippen LogP contribution < -0.4 is 4.90 Å². The van der Waals surface area contributed by atoms with Crippen LogP contribution in [0.15, 0.2) is 18.3 Å². The summed E-state index contributed by atoms with van der Waals surface area (Å²) in [5, 5.41) is 1.07. The zero-order valence-corrected chi connectivity index (χ0v) is 10.5. The van der Waals surface area contributed by atoms with Crippen LogP contribution in [-0.2, 0) is 6.42 Å². The van der Waals surface area contributed by atoms with E-state index in [0.29, 0.717) is 0 Å². The number of hydrogen-bond acceptors (Lipinski definition) is 2. The number of halogens is 1. The summed E-state index contributed by atoms with van der Waals surface area (Å²) in [4.78, 5) is 6.94. The van der Waals surface area contributed by atoms with Gasteiger partial charge in [0.15, 0.2) is 0 Å². The number of pyridine rings is 1. The van der Waals surface area contributed by atoms with Crippen LogP contribution in [0.5, 0.6) is 0 Å². The second kappa shape index (κ2) is 5.50. The molecule has 1 aromatic heterocycles. The van der Waals surface area contributed by atoms with Crippen LogP contribution in [0.2, 0.25) is 0 Å². The number of aryl methyl sites for hydroxylation is 1. The van der Waals surface area contributed by atoms with E-state index in [1.54, 1.807) is 0 Å². The van der Waals surface area contributed by atoms with Gasteiger partial charge in [0.2, 0.25) is 0 Å². The first-order valence-electron chi connectivity index (χ1n) is 5.66. The van der Waals surface area contributed by atoms with Crippen molar-refractivity contribution in [2.24, 2.45) is 0 Å². The third kappa shape index (κ3) is 2.71. The zero-order chi connectivity index (χ0) is 10.5. The summed E-state index contributed by atoms with van der Waals surface area (Å²) in [5.74, 6) is 1.22. The molecule has 0 atom stereocenters. The molecule has 2 nitrogen and oxygen atoms in total. The van der Waals surface area contributed by atoms with Crippen LogP contribution in [0.1, 0.15) is 24.8 Å². The minimum Gasteiger partial charge on any atom is -0.356 e. The fourth-order valence-electron chi connectivity index (χ4n) is 2.10. The van der Waals surface area contributed by atoms with Crippen LogP contribution in [0.25, 0.3) is 0 Å². The van der Waals surface area contributed by atoms with Crippen molar-refractivity contribution < 1.29 is 0 Å². The predicted octanol–water partition coefficient (Wildman–Crippen LogP) is 3.01. The normalized spacial score (nSPS) is 15.9. The summed E-state index contributed by atoms with van der Waals surface area (Å²) >= 11 is 3.48. The lowest BCUT2D eigenvalue weighted by molar-refractivity contribution is 0.878. The van der Waals surface area contributed by atoms with Crippen LogP contribution in [-0.4, -0.2) is 23.4 Å². The summed E-state index contributed by atoms with van der Waals surface area (Å²) < 4.78 is 0. The Hall–Kier alpha value is -0.570. The molecule has 0 radical (unpaired) electrons. The van der Waals surface area contributed by atoms with E-state index in [9.17, 15) is 0 Å². The largest absolute Gasteiger partial charge is 0.356 e. The fourth-order valence-corrected chi connectivity index (χ4v) is 2.38. The van der Waals surface area contributed by atoms with Crippen molar-refractivity contribution in [3.05, 3.63) is 23.9 Å². The molecule has 1 aromatic rings. The number of rotatable bonds is 4. The standard InChI is InChI=1S/C12H17BrN2/c13-7-3-5-11-6-4-8-14-12(11)15-9-1-2-10-15/h4,6,8H,1-3,5,7,9-10H2. The molecular weight excluding hydrogens is 252 g/mol. The van der Waals surface area contributed by atoms with E-state index in [1.165, 1.54) is 43.7 Å². The van der Waals surface area contributed by atoms with Crippen LogP contribution in [0.3, 0.4) is 0 Å². The highest BCUT2D eigenvalue weighted by Crippen LogP contribution is 2.22. The Labute approximate surface area is 99.8 Å². The lowest BCUT2D eigenvalue weighted by Crippen LogP contribution is -2.20. The molecule has 2 heterocycles. The summed E-state index contributed by atoms with van der Waals surface area (Å²) in [5.41, 5.74) is 1.40. The first-order valence-corrected chi connectivity index (χ1v) is 6.79. The summed E-state index contributed by atoms with van der Waals surface area (Å²) in [6.45, 7) is 2.36. The molecule has 0 aromatic carbocycles. The highest BCUT2D eigenvalue weighted by molar-refractivity contribution is 9.09. The lowest BCUT2D eigenvalue weighted by Gasteiger charge is -2.19. The average molecular weight is 269 g/mol. The topological polar surface area (TPSA) is 16.1 Å². The third-order valence-electron chi connectivity index (χ3n) is 2.85. The zero-order valence-electron chi connectivity index (χ0n) is 8.95. The van der Waals surface area contributed by atoms with E-state index in [1.807, 2.05) is 12.3 Å². The smallest absolute Gasteiger partial charge is 0.131 e. The molecule has 0 unspecified atom stereocenters. The van der Waals surface area contributed by atoms with Gasteiger partial charge in [-0.1, -0.05) is 22.0 Å². The van der Waals surface area contributed by atoms with Gasteiger partial charge in [-0.3, -0.25) is 0 Å². The minimum atomic E-state index is 1.07. The second-order valence-corrected chi connectivity index (χ2v) is 4.77. The Morgan fingerprint density at radius 2 is 2.13 bits per heavy atom. The van der Waals surface area contributed by atoms with Gasteiger partial charge in [0.1, 0.15) is 5.82 Å². The van der Waals surface area contributed by atoms with Gasteiger partial charge in [0.25, 0.3) is 0 Å². The fraction of sp³-hybridized carbons (Fsp3) is 0.583. The van der Waals surface area contributed by atoms with Gasteiger partial charge in [-0.25, -0.2) is 4.98 Å². The summed E-state index contributed by atoms with van der Waals surface area (Å²) in [7, 11) is 0. The quantitative estimate of drug-likeness (QED) is 0.781. The van der Waals surface area contributed by atoms with E-state index >= 15 is 0 Å². The van der Waals surface area contributed by atoms with Gasteiger partial charge in [0.05, 0.1) is 0 Å². The van der Waals surface area contributed by atoms with Crippen molar-refractivity contribution in [3.63, 3.8) is 0 Å². The molecule has 3 heteroatoms. The van der Waals surface area contributed by atoms with Gasteiger partial charge >= 0.3 is 0 Å². The molecule has 82 valence electrons. The highest BCUT2D eigenvalue weighted by Gasteiger charge is 2.15. The third-order valence-corrected chi connectivity index (χ3v) is 3.41. The molecule has 0 aliphatic carbocycles. The Morgan fingerprint density at radius 3 is 2.87 bits per heavy atom. The number of alkyl halides is 1. The molecule has 0 spiro atoms.